The number of carbonyl (C=O) groups is 2. The molecular weight excluding hydrogens is 520 g/mol. The summed E-state index contributed by atoms with van der Waals surface area (Å²) in [6, 6.07) is 17.0. The maximum absolute atomic E-state index is 13.5. The fourth-order valence-corrected chi connectivity index (χ4v) is 5.34. The minimum Gasteiger partial charge on any atom is -0.493 e. The molecule has 212 valence electrons. The number of nitrogens with two attached hydrogens (primary N) is 1. The zero-order valence-electron chi connectivity index (χ0n) is 23.5. The SMILES string of the molecule is COc1cc2c(cc1OCCc1cccc(C(N)=O)c1)C(c1ccc(C)cc1C)N(C(=O)NCc1cocn1)CC2. The number of rotatable bonds is 9. The first-order valence-electron chi connectivity index (χ1n) is 13.5. The van der Waals surface area contributed by atoms with E-state index in [9.17, 15) is 9.59 Å². The minimum absolute atomic E-state index is 0.184. The summed E-state index contributed by atoms with van der Waals surface area (Å²) < 4.78 is 17.0. The molecule has 0 radical (unpaired) electrons. The first-order chi connectivity index (χ1) is 19.8. The highest BCUT2D eigenvalue weighted by molar-refractivity contribution is 5.92. The molecule has 1 unspecified atom stereocenters. The molecule has 0 fully saturated rings. The number of ether oxygens (including phenoxy) is 2. The summed E-state index contributed by atoms with van der Waals surface area (Å²) in [6.07, 6.45) is 4.12. The number of nitrogens with zero attached hydrogens (tertiary/aromatic N) is 2. The largest absolute Gasteiger partial charge is 0.493 e. The van der Waals surface area contributed by atoms with Crippen molar-refractivity contribution in [3.8, 4) is 11.5 Å². The molecule has 0 saturated carbocycles. The van der Waals surface area contributed by atoms with Crippen LogP contribution in [-0.2, 0) is 19.4 Å². The molecule has 3 N–H and O–H groups in total. The highest BCUT2D eigenvalue weighted by Crippen LogP contribution is 2.42. The van der Waals surface area contributed by atoms with E-state index < -0.39 is 5.91 Å². The van der Waals surface area contributed by atoms with Crippen molar-refractivity contribution < 1.29 is 23.5 Å². The number of fused-ring (bicyclic) bond motifs is 1. The molecule has 1 atom stereocenters. The molecule has 3 amide bonds. The molecule has 4 aromatic rings. The molecular formula is C32H34N4O5. The van der Waals surface area contributed by atoms with Gasteiger partial charge in [0.15, 0.2) is 17.9 Å². The van der Waals surface area contributed by atoms with Crippen molar-refractivity contribution >= 4 is 11.9 Å². The Labute approximate surface area is 239 Å². The predicted octanol–water partition coefficient (Wildman–Crippen LogP) is 4.88. The van der Waals surface area contributed by atoms with Crippen molar-refractivity contribution in [3.63, 3.8) is 0 Å². The van der Waals surface area contributed by atoms with Crippen LogP contribution in [0.5, 0.6) is 11.5 Å². The Kier molecular flexibility index (Phi) is 8.24. The number of primary amides is 1. The van der Waals surface area contributed by atoms with Crippen molar-refractivity contribution in [2.45, 2.75) is 39.3 Å². The van der Waals surface area contributed by atoms with Crippen LogP contribution in [0.3, 0.4) is 0 Å². The molecule has 1 aliphatic rings. The van der Waals surface area contributed by atoms with Crippen molar-refractivity contribution in [1.29, 1.82) is 0 Å². The van der Waals surface area contributed by atoms with E-state index in [1.165, 1.54) is 12.7 Å². The van der Waals surface area contributed by atoms with Crippen LogP contribution in [0, 0.1) is 13.8 Å². The van der Waals surface area contributed by atoms with Gasteiger partial charge in [0.05, 0.1) is 32.0 Å². The number of hydrogen-bond donors (Lipinski definition) is 2. The van der Waals surface area contributed by atoms with Crippen LogP contribution in [0.1, 0.15) is 55.5 Å². The molecule has 1 aliphatic heterocycles. The lowest BCUT2D eigenvalue weighted by Gasteiger charge is -2.38. The number of methoxy groups -OCH3 is 1. The van der Waals surface area contributed by atoms with E-state index >= 15 is 0 Å². The number of hydrogen-bond acceptors (Lipinski definition) is 6. The maximum Gasteiger partial charge on any atom is 0.318 e. The lowest BCUT2D eigenvalue weighted by Crippen LogP contribution is -2.46. The lowest BCUT2D eigenvalue weighted by molar-refractivity contribution is 0.1000. The molecule has 0 saturated heterocycles. The molecule has 1 aromatic heterocycles. The van der Waals surface area contributed by atoms with Crippen molar-refractivity contribution in [1.82, 2.24) is 15.2 Å². The quantitative estimate of drug-likeness (QED) is 0.304. The second kappa shape index (κ2) is 12.2. The van der Waals surface area contributed by atoms with Crippen LogP contribution in [0.15, 0.2) is 71.7 Å². The van der Waals surface area contributed by atoms with Gasteiger partial charge in [0, 0.05) is 18.5 Å². The van der Waals surface area contributed by atoms with Gasteiger partial charge >= 0.3 is 6.03 Å². The second-order valence-corrected chi connectivity index (χ2v) is 10.2. The highest BCUT2D eigenvalue weighted by atomic mass is 16.5. The van der Waals surface area contributed by atoms with E-state index in [2.05, 4.69) is 42.3 Å². The molecule has 3 aromatic carbocycles. The van der Waals surface area contributed by atoms with Crippen LogP contribution in [-0.4, -0.2) is 42.1 Å². The Balaban J connectivity index is 1.45. The molecule has 9 nitrogen and oxygen atoms in total. The van der Waals surface area contributed by atoms with Crippen LogP contribution in [0.2, 0.25) is 0 Å². The van der Waals surface area contributed by atoms with E-state index in [1.54, 1.807) is 19.2 Å². The maximum atomic E-state index is 13.5. The average molecular weight is 555 g/mol. The van der Waals surface area contributed by atoms with Gasteiger partial charge in [-0.15, -0.1) is 0 Å². The van der Waals surface area contributed by atoms with E-state index in [-0.39, 0.29) is 18.6 Å². The first-order valence-corrected chi connectivity index (χ1v) is 13.5. The molecule has 5 rings (SSSR count). The minimum atomic E-state index is -0.462. The summed E-state index contributed by atoms with van der Waals surface area (Å²) in [4.78, 5) is 31.1. The summed E-state index contributed by atoms with van der Waals surface area (Å²) in [5, 5.41) is 2.99. The average Bonchev–Trinajstić information content (AvgIpc) is 3.49. The van der Waals surface area contributed by atoms with Crippen LogP contribution in [0.25, 0.3) is 0 Å². The zero-order chi connectivity index (χ0) is 28.9. The number of oxazole rings is 1. The Morgan fingerprint density at radius 2 is 1.95 bits per heavy atom. The smallest absolute Gasteiger partial charge is 0.318 e. The second-order valence-electron chi connectivity index (χ2n) is 10.2. The summed E-state index contributed by atoms with van der Waals surface area (Å²) in [5.41, 5.74) is 12.9. The lowest BCUT2D eigenvalue weighted by atomic mass is 9.85. The number of nitrogens with one attached hydrogen (secondary N) is 1. The van der Waals surface area contributed by atoms with Gasteiger partial charge in [-0.25, -0.2) is 9.78 Å². The molecule has 41 heavy (non-hydrogen) atoms. The molecule has 2 heterocycles. The van der Waals surface area contributed by atoms with Gasteiger partial charge in [0.1, 0.15) is 6.26 Å². The Hall–Kier alpha value is -4.79. The summed E-state index contributed by atoms with van der Waals surface area (Å²) in [6.45, 7) is 5.31. The predicted molar refractivity (Wildman–Crippen MR) is 154 cm³/mol. The summed E-state index contributed by atoms with van der Waals surface area (Å²) in [7, 11) is 1.62. The normalized spacial score (nSPS) is 14.3. The van der Waals surface area contributed by atoms with Gasteiger partial charge < -0.3 is 29.8 Å². The van der Waals surface area contributed by atoms with Gasteiger partial charge in [0.25, 0.3) is 0 Å². The van der Waals surface area contributed by atoms with Gasteiger partial charge in [-0.3, -0.25) is 4.79 Å². The summed E-state index contributed by atoms with van der Waals surface area (Å²) >= 11 is 0. The number of urea groups is 1. The van der Waals surface area contributed by atoms with Crippen LogP contribution >= 0.6 is 0 Å². The third-order valence-corrected chi connectivity index (χ3v) is 7.40. The van der Waals surface area contributed by atoms with Crippen LogP contribution < -0.4 is 20.5 Å². The Morgan fingerprint density at radius 1 is 1.10 bits per heavy atom. The fraction of sp³-hybridized carbons (Fsp3) is 0.281. The third-order valence-electron chi connectivity index (χ3n) is 7.40. The van der Waals surface area contributed by atoms with E-state index in [0.29, 0.717) is 48.7 Å². The Morgan fingerprint density at radius 3 is 2.68 bits per heavy atom. The highest BCUT2D eigenvalue weighted by Gasteiger charge is 2.34. The number of amides is 3. The van der Waals surface area contributed by atoms with E-state index in [1.807, 2.05) is 29.2 Å². The molecule has 0 aliphatic carbocycles. The van der Waals surface area contributed by atoms with Crippen molar-refractivity contribution in [3.05, 3.63) is 112 Å². The van der Waals surface area contributed by atoms with Crippen molar-refractivity contribution in [2.24, 2.45) is 5.73 Å². The fourth-order valence-electron chi connectivity index (χ4n) is 5.34. The number of carbonyl (C=O) groups excluding carboxylic acids is 2. The standard InChI is InChI=1S/C32H34N4O5/c1-20-7-8-26(21(2)13-20)30-27-16-29(41-12-10-22-5-4-6-24(14-22)31(33)37)28(39-3)15-23(27)9-11-36(30)32(38)34-17-25-18-40-19-35-25/h4-8,13-16,18-19,30H,9-12,17H2,1-3H3,(H2,33,37)(H,34,38). The monoisotopic (exact) mass is 554 g/mol. The molecule has 0 bridgehead atoms. The van der Waals surface area contributed by atoms with E-state index in [0.717, 1.165) is 33.4 Å². The van der Waals surface area contributed by atoms with Gasteiger partial charge in [-0.2, -0.15) is 0 Å². The number of benzene rings is 3. The summed E-state index contributed by atoms with van der Waals surface area (Å²) in [5.74, 6) is 0.769. The molecule has 0 spiro atoms. The third kappa shape index (κ3) is 6.19. The first kappa shape index (κ1) is 27.8. The number of aromatic nitrogens is 1. The van der Waals surface area contributed by atoms with Crippen molar-refractivity contribution in [2.75, 3.05) is 20.3 Å². The van der Waals surface area contributed by atoms with Gasteiger partial charge in [-0.05, 0) is 72.4 Å². The van der Waals surface area contributed by atoms with Gasteiger partial charge in [0.2, 0.25) is 5.91 Å². The Bertz CT molecular complexity index is 1550. The topological polar surface area (TPSA) is 120 Å². The van der Waals surface area contributed by atoms with Gasteiger partial charge in [-0.1, -0.05) is 35.9 Å². The zero-order valence-corrected chi connectivity index (χ0v) is 23.5. The number of aryl methyl sites for hydroxylation is 2. The molecule has 9 heteroatoms. The van der Waals surface area contributed by atoms with E-state index in [4.69, 9.17) is 19.6 Å². The van der Waals surface area contributed by atoms with Crippen LogP contribution in [0.4, 0.5) is 4.79 Å².